The Bertz CT molecular complexity index is 939. The van der Waals surface area contributed by atoms with E-state index in [2.05, 4.69) is 16.7 Å². The minimum Gasteiger partial charge on any atom is -0.463 e. The van der Waals surface area contributed by atoms with Gasteiger partial charge in [0.1, 0.15) is 5.69 Å². The van der Waals surface area contributed by atoms with Crippen molar-refractivity contribution in [2.45, 2.75) is 0 Å². The summed E-state index contributed by atoms with van der Waals surface area (Å²) in [4.78, 5) is 5.21. The zero-order chi connectivity index (χ0) is 16.9. The molecule has 0 saturated carbocycles. The second-order valence-corrected chi connectivity index (χ2v) is 6.39. The molecule has 7 heteroatoms. The van der Waals surface area contributed by atoms with E-state index in [1.54, 1.807) is 35.4 Å². The highest BCUT2D eigenvalue weighted by Gasteiger charge is 2.09. The van der Waals surface area contributed by atoms with Crippen LogP contribution < -0.4 is 4.80 Å². The molecule has 0 fully saturated rings. The second-order valence-electron chi connectivity index (χ2n) is 4.74. The smallest absolute Gasteiger partial charge is 0.206 e. The maximum atomic E-state index is 6.04. The third-order valence-electron chi connectivity index (χ3n) is 3.08. The molecule has 24 heavy (non-hydrogen) atoms. The van der Waals surface area contributed by atoms with Gasteiger partial charge in [-0.05, 0) is 29.8 Å². The molecule has 0 saturated heterocycles. The fourth-order valence-electron chi connectivity index (χ4n) is 1.97. The summed E-state index contributed by atoms with van der Waals surface area (Å²) in [7, 11) is 0. The van der Waals surface area contributed by atoms with E-state index < -0.39 is 0 Å². The number of thiazole rings is 1. The van der Waals surface area contributed by atoms with Crippen molar-refractivity contribution in [3.05, 3.63) is 75.0 Å². The van der Waals surface area contributed by atoms with E-state index in [9.17, 15) is 0 Å². The summed E-state index contributed by atoms with van der Waals surface area (Å²) in [5.74, 6) is 0.720. The lowest BCUT2D eigenvalue weighted by Gasteiger charge is -2.01. The predicted octanol–water partition coefficient (Wildman–Crippen LogP) is 5.09. The van der Waals surface area contributed by atoms with Crippen LogP contribution in [0.25, 0.3) is 11.5 Å². The molecule has 2 heterocycles. The Morgan fingerprint density at radius 1 is 1.25 bits per heavy atom. The van der Waals surface area contributed by atoms with Crippen molar-refractivity contribution in [3.8, 4) is 11.5 Å². The van der Waals surface area contributed by atoms with E-state index in [-0.39, 0.29) is 0 Å². The fourth-order valence-corrected chi connectivity index (χ4v) is 3.11. The Hall–Kier alpha value is -2.08. The molecule has 1 aromatic carbocycles. The van der Waals surface area contributed by atoms with Crippen LogP contribution in [-0.2, 0) is 0 Å². The molecule has 3 aromatic rings. The highest BCUT2D eigenvalue weighted by Crippen LogP contribution is 2.23. The number of hydrogen-bond acceptors (Lipinski definition) is 4. The first-order valence-electron chi connectivity index (χ1n) is 7.04. The Labute approximate surface area is 153 Å². The van der Waals surface area contributed by atoms with Gasteiger partial charge in [0.2, 0.25) is 4.80 Å². The molecular formula is C17H13Cl2N3OS. The summed E-state index contributed by atoms with van der Waals surface area (Å²) >= 11 is 13.5. The Morgan fingerprint density at radius 2 is 2.12 bits per heavy atom. The van der Waals surface area contributed by atoms with Crippen molar-refractivity contribution in [1.29, 1.82) is 0 Å². The van der Waals surface area contributed by atoms with Gasteiger partial charge in [-0.3, -0.25) is 4.99 Å². The van der Waals surface area contributed by atoms with E-state index in [0.717, 1.165) is 21.8 Å². The van der Waals surface area contributed by atoms with Crippen LogP contribution in [0.5, 0.6) is 0 Å². The first-order chi connectivity index (χ1) is 11.7. The second kappa shape index (κ2) is 7.66. The molecule has 122 valence electrons. The molecule has 0 radical (unpaired) electrons. The average molecular weight is 378 g/mol. The zero-order valence-electron chi connectivity index (χ0n) is 12.5. The summed E-state index contributed by atoms with van der Waals surface area (Å²) in [6.07, 6.45) is 5.06. The van der Waals surface area contributed by atoms with Crippen molar-refractivity contribution < 1.29 is 4.42 Å². The quantitative estimate of drug-likeness (QED) is 0.451. The number of nitrogens with zero attached hydrogens (tertiary/aromatic N) is 3. The third kappa shape index (κ3) is 3.70. The van der Waals surface area contributed by atoms with Crippen LogP contribution in [0.2, 0.25) is 10.0 Å². The summed E-state index contributed by atoms with van der Waals surface area (Å²) in [6.45, 7) is 4.21. The van der Waals surface area contributed by atoms with Crippen molar-refractivity contribution in [2.24, 2.45) is 10.1 Å². The van der Waals surface area contributed by atoms with Crippen LogP contribution in [0.1, 0.15) is 5.56 Å². The number of aromatic nitrogens is 1. The first kappa shape index (κ1) is 16.8. The molecule has 0 aliphatic heterocycles. The molecule has 0 amide bonds. The van der Waals surface area contributed by atoms with Gasteiger partial charge in [-0.25, -0.2) is 4.68 Å². The lowest BCUT2D eigenvalue weighted by molar-refractivity contribution is 0.575. The maximum Gasteiger partial charge on any atom is 0.206 e. The molecule has 4 nitrogen and oxygen atoms in total. The molecule has 0 atom stereocenters. The summed E-state index contributed by atoms with van der Waals surface area (Å²) < 4.78 is 7.21. The van der Waals surface area contributed by atoms with Crippen molar-refractivity contribution >= 4 is 40.8 Å². The van der Waals surface area contributed by atoms with Gasteiger partial charge in [-0.1, -0.05) is 35.3 Å². The van der Waals surface area contributed by atoms with Gasteiger partial charge in [0.25, 0.3) is 0 Å². The highest BCUT2D eigenvalue weighted by molar-refractivity contribution is 7.07. The maximum absolute atomic E-state index is 6.04. The Kier molecular flexibility index (Phi) is 5.35. The van der Waals surface area contributed by atoms with Gasteiger partial charge in [-0.2, -0.15) is 5.10 Å². The van der Waals surface area contributed by atoms with Gasteiger partial charge in [0.15, 0.2) is 5.76 Å². The normalized spacial score (nSPS) is 12.2. The standard InChI is InChI=1S/C17H13Cl2N3OS/c1-2-7-20-17-22(15(11-24-17)16-4-3-8-23-16)21-10-12-5-6-13(18)14(19)9-12/h2-6,8-11H,1,7H2. The SMILES string of the molecule is C=CCN=c1scc(-c2ccco2)n1N=Cc1ccc(Cl)c(Cl)c1. The average Bonchev–Trinajstić information content (AvgIpc) is 3.23. The van der Waals surface area contributed by atoms with Crippen LogP contribution >= 0.6 is 34.5 Å². The summed E-state index contributed by atoms with van der Waals surface area (Å²) in [5, 5.41) is 7.47. The van der Waals surface area contributed by atoms with E-state index in [4.69, 9.17) is 27.6 Å². The Balaban J connectivity index is 2.04. The number of rotatable bonds is 5. The zero-order valence-corrected chi connectivity index (χ0v) is 14.9. The van der Waals surface area contributed by atoms with Crippen molar-refractivity contribution in [1.82, 2.24) is 4.68 Å². The lowest BCUT2D eigenvalue weighted by Crippen LogP contribution is -2.12. The molecule has 0 unspecified atom stereocenters. The number of halogens is 2. The fraction of sp³-hybridized carbons (Fsp3) is 0.0588. The van der Waals surface area contributed by atoms with Crippen LogP contribution in [0.4, 0.5) is 0 Å². The molecule has 3 rings (SSSR count). The molecule has 0 spiro atoms. The number of furan rings is 1. The van der Waals surface area contributed by atoms with E-state index in [1.807, 2.05) is 23.6 Å². The molecule has 0 aliphatic rings. The van der Waals surface area contributed by atoms with Gasteiger partial charge in [0.05, 0.1) is 29.1 Å². The molecular weight excluding hydrogens is 365 g/mol. The summed E-state index contributed by atoms with van der Waals surface area (Å²) in [6, 6.07) is 9.05. The number of benzene rings is 1. The molecule has 0 aliphatic carbocycles. The van der Waals surface area contributed by atoms with Crippen LogP contribution in [-0.4, -0.2) is 17.4 Å². The number of hydrogen-bond donors (Lipinski definition) is 0. The van der Waals surface area contributed by atoms with Gasteiger partial charge in [0, 0.05) is 5.38 Å². The summed E-state index contributed by atoms with van der Waals surface area (Å²) in [5.41, 5.74) is 1.66. The third-order valence-corrected chi connectivity index (χ3v) is 4.67. The molecule has 0 N–H and O–H groups in total. The van der Waals surface area contributed by atoms with Crippen LogP contribution in [0.15, 0.2) is 69.1 Å². The van der Waals surface area contributed by atoms with E-state index in [1.165, 1.54) is 11.3 Å². The van der Waals surface area contributed by atoms with Crippen molar-refractivity contribution in [3.63, 3.8) is 0 Å². The highest BCUT2D eigenvalue weighted by atomic mass is 35.5. The van der Waals surface area contributed by atoms with Gasteiger partial charge in [-0.15, -0.1) is 17.9 Å². The first-order valence-corrected chi connectivity index (χ1v) is 8.68. The van der Waals surface area contributed by atoms with E-state index in [0.29, 0.717) is 16.6 Å². The van der Waals surface area contributed by atoms with Gasteiger partial charge >= 0.3 is 0 Å². The lowest BCUT2D eigenvalue weighted by atomic mass is 10.2. The minimum atomic E-state index is 0.485. The topological polar surface area (TPSA) is 42.8 Å². The van der Waals surface area contributed by atoms with Crippen LogP contribution in [0, 0.1) is 0 Å². The largest absolute Gasteiger partial charge is 0.463 e. The predicted molar refractivity (Wildman–Crippen MR) is 100 cm³/mol. The minimum absolute atomic E-state index is 0.485. The van der Waals surface area contributed by atoms with E-state index >= 15 is 0 Å². The van der Waals surface area contributed by atoms with Crippen LogP contribution in [0.3, 0.4) is 0 Å². The molecule has 0 bridgehead atoms. The van der Waals surface area contributed by atoms with Crippen molar-refractivity contribution in [2.75, 3.05) is 6.54 Å². The molecule has 2 aromatic heterocycles. The van der Waals surface area contributed by atoms with Gasteiger partial charge < -0.3 is 4.42 Å². The monoisotopic (exact) mass is 377 g/mol. The Morgan fingerprint density at radius 3 is 2.83 bits per heavy atom.